The van der Waals surface area contributed by atoms with Crippen molar-refractivity contribution in [2.45, 2.75) is 58.5 Å². The van der Waals surface area contributed by atoms with Crippen LogP contribution in [-0.4, -0.2) is 66.2 Å². The fourth-order valence-electron chi connectivity index (χ4n) is 8.13. The molecule has 30 heavy (non-hydrogen) atoms. The Morgan fingerprint density at radius 2 is 1.97 bits per heavy atom. The van der Waals surface area contributed by atoms with Gasteiger partial charge in [0.15, 0.2) is 0 Å². The summed E-state index contributed by atoms with van der Waals surface area (Å²) in [4.78, 5) is 29.6. The second-order valence-electron chi connectivity index (χ2n) is 10.8. The zero-order valence-electron chi connectivity index (χ0n) is 18.6. The van der Waals surface area contributed by atoms with E-state index in [1.54, 1.807) is 0 Å². The maximum atomic E-state index is 13.4. The molecule has 2 saturated carbocycles. The van der Waals surface area contributed by atoms with E-state index < -0.39 is 6.10 Å². The Hall–Kier alpha value is -1.40. The molecule has 4 fully saturated rings. The number of amides is 2. The van der Waals surface area contributed by atoms with E-state index in [9.17, 15) is 14.7 Å². The molecule has 0 bridgehead atoms. The SMILES string of the molecule is CN1C(=O)CC[C@@]2(C)C1=CCC1C3CCC(C(=O)N4CCOCC4)[C@@]3(C)C[C@H](O)C12. The van der Waals surface area contributed by atoms with Crippen LogP contribution >= 0.6 is 0 Å². The molecular weight excluding hydrogens is 380 g/mol. The number of piperidine rings is 1. The Balaban J connectivity index is 1.45. The van der Waals surface area contributed by atoms with E-state index in [0.29, 0.717) is 51.0 Å². The summed E-state index contributed by atoms with van der Waals surface area (Å²) in [6, 6.07) is 0. The molecule has 3 aliphatic carbocycles. The van der Waals surface area contributed by atoms with Crippen LogP contribution in [0, 0.1) is 34.5 Å². The maximum Gasteiger partial charge on any atom is 0.226 e. The van der Waals surface area contributed by atoms with Gasteiger partial charge in [0, 0.05) is 43.6 Å². The topological polar surface area (TPSA) is 70.1 Å². The minimum absolute atomic E-state index is 0.00462. The minimum Gasteiger partial charge on any atom is -0.393 e. The molecule has 0 spiro atoms. The van der Waals surface area contributed by atoms with Crippen molar-refractivity contribution in [3.8, 4) is 0 Å². The summed E-state index contributed by atoms with van der Waals surface area (Å²) < 4.78 is 5.44. The molecule has 2 saturated heterocycles. The van der Waals surface area contributed by atoms with E-state index >= 15 is 0 Å². The third kappa shape index (κ3) is 2.75. The van der Waals surface area contributed by atoms with Gasteiger partial charge in [0.2, 0.25) is 11.8 Å². The molecule has 0 aromatic rings. The van der Waals surface area contributed by atoms with Crippen LogP contribution in [0.2, 0.25) is 0 Å². The predicted molar refractivity (Wildman–Crippen MR) is 112 cm³/mol. The number of hydrogen-bond acceptors (Lipinski definition) is 4. The summed E-state index contributed by atoms with van der Waals surface area (Å²) in [6.07, 6.45) is 6.82. The number of fused-ring (bicyclic) bond motifs is 5. The summed E-state index contributed by atoms with van der Waals surface area (Å²) in [5.74, 6) is 1.47. The lowest BCUT2D eigenvalue weighted by Gasteiger charge is -2.60. The second-order valence-corrected chi connectivity index (χ2v) is 10.8. The Morgan fingerprint density at radius 3 is 2.70 bits per heavy atom. The van der Waals surface area contributed by atoms with Gasteiger partial charge in [-0.05, 0) is 55.3 Å². The Morgan fingerprint density at radius 1 is 1.23 bits per heavy atom. The summed E-state index contributed by atoms with van der Waals surface area (Å²) >= 11 is 0. The van der Waals surface area contributed by atoms with Crippen LogP contribution in [0.1, 0.15) is 52.4 Å². The summed E-state index contributed by atoms with van der Waals surface area (Å²) in [5, 5.41) is 11.5. The van der Waals surface area contributed by atoms with Crippen LogP contribution in [0.4, 0.5) is 0 Å². The van der Waals surface area contributed by atoms with Crippen LogP contribution < -0.4 is 0 Å². The molecule has 166 valence electrons. The molecule has 0 aromatic heterocycles. The lowest BCUT2D eigenvalue weighted by Crippen LogP contribution is -2.59. The van der Waals surface area contributed by atoms with Gasteiger partial charge in [0.25, 0.3) is 0 Å². The minimum atomic E-state index is -0.426. The number of morpholine rings is 1. The highest BCUT2D eigenvalue weighted by Gasteiger charge is 2.63. The second kappa shape index (κ2) is 7.06. The van der Waals surface area contributed by atoms with Gasteiger partial charge in [-0.25, -0.2) is 0 Å². The molecule has 1 N–H and O–H groups in total. The number of hydrogen-bond donors (Lipinski definition) is 1. The number of carbonyl (C=O) groups is 2. The number of carbonyl (C=O) groups excluding carboxylic acids is 2. The van der Waals surface area contributed by atoms with Crippen molar-refractivity contribution < 1.29 is 19.4 Å². The number of aliphatic hydroxyl groups is 1. The van der Waals surface area contributed by atoms with Crippen molar-refractivity contribution in [1.82, 2.24) is 9.80 Å². The van der Waals surface area contributed by atoms with Crippen molar-refractivity contribution >= 4 is 11.8 Å². The molecule has 7 atom stereocenters. The summed E-state index contributed by atoms with van der Waals surface area (Å²) in [6.45, 7) is 7.17. The molecular formula is C24H36N2O4. The lowest BCUT2D eigenvalue weighted by molar-refractivity contribution is -0.158. The quantitative estimate of drug-likeness (QED) is 0.713. The monoisotopic (exact) mass is 416 g/mol. The van der Waals surface area contributed by atoms with Gasteiger partial charge in [-0.1, -0.05) is 19.9 Å². The van der Waals surface area contributed by atoms with Gasteiger partial charge in [-0.15, -0.1) is 0 Å². The predicted octanol–water partition coefficient (Wildman–Crippen LogP) is 2.42. The van der Waals surface area contributed by atoms with Crippen molar-refractivity contribution in [2.24, 2.45) is 34.5 Å². The fourth-order valence-corrected chi connectivity index (χ4v) is 8.13. The van der Waals surface area contributed by atoms with Crippen LogP contribution in [0.3, 0.4) is 0 Å². The zero-order valence-corrected chi connectivity index (χ0v) is 18.6. The number of aliphatic hydroxyl groups excluding tert-OH is 1. The van der Waals surface area contributed by atoms with Crippen LogP contribution in [0.5, 0.6) is 0 Å². The van der Waals surface area contributed by atoms with E-state index in [4.69, 9.17) is 4.74 Å². The Labute approximate surface area is 179 Å². The van der Waals surface area contributed by atoms with Crippen molar-refractivity contribution in [3.63, 3.8) is 0 Å². The van der Waals surface area contributed by atoms with Gasteiger partial charge in [-0.3, -0.25) is 9.59 Å². The molecule has 5 rings (SSSR count). The number of likely N-dealkylation sites (tertiary alicyclic amines) is 1. The summed E-state index contributed by atoms with van der Waals surface area (Å²) in [5.41, 5.74) is 0.814. The third-order valence-electron chi connectivity index (χ3n) is 9.57. The summed E-state index contributed by atoms with van der Waals surface area (Å²) in [7, 11) is 1.89. The molecule has 6 nitrogen and oxygen atoms in total. The van der Waals surface area contributed by atoms with Crippen molar-refractivity contribution in [1.29, 1.82) is 0 Å². The fraction of sp³-hybridized carbons (Fsp3) is 0.833. The third-order valence-corrected chi connectivity index (χ3v) is 9.57. The molecule has 2 amide bonds. The number of ether oxygens (including phenoxy) is 1. The first-order chi connectivity index (χ1) is 14.3. The van der Waals surface area contributed by atoms with Gasteiger partial charge in [-0.2, -0.15) is 0 Å². The standard InChI is InChI=1S/C24H36N2O4/c1-23-9-8-20(28)25(3)19(23)7-4-15-16-5-6-17(22(29)26-10-12-30-13-11-26)24(16,2)14-18(27)21(15)23/h7,15-18,21,27H,4-6,8-14H2,1-3H3/t15?,16?,17?,18-,21?,23-,24-/m0/s1. The first-order valence-electron chi connectivity index (χ1n) is 11.8. The average Bonchev–Trinajstić information content (AvgIpc) is 3.07. The van der Waals surface area contributed by atoms with E-state index in [1.165, 1.54) is 0 Å². The Bertz CT molecular complexity index is 775. The van der Waals surface area contributed by atoms with Crippen molar-refractivity contribution in [2.75, 3.05) is 33.4 Å². The Kier molecular flexibility index (Phi) is 4.82. The molecule has 6 heteroatoms. The average molecular weight is 417 g/mol. The highest BCUT2D eigenvalue weighted by molar-refractivity contribution is 5.81. The van der Waals surface area contributed by atoms with E-state index in [0.717, 1.165) is 31.4 Å². The van der Waals surface area contributed by atoms with Gasteiger partial charge >= 0.3 is 0 Å². The number of nitrogens with zero attached hydrogens (tertiary/aromatic N) is 2. The molecule has 4 unspecified atom stereocenters. The van der Waals surface area contributed by atoms with E-state index in [2.05, 4.69) is 19.9 Å². The maximum absolute atomic E-state index is 13.4. The molecule has 5 aliphatic rings. The largest absolute Gasteiger partial charge is 0.393 e. The highest BCUT2D eigenvalue weighted by atomic mass is 16.5. The van der Waals surface area contributed by atoms with Gasteiger partial charge in [0.1, 0.15) is 0 Å². The smallest absolute Gasteiger partial charge is 0.226 e. The lowest BCUT2D eigenvalue weighted by atomic mass is 9.48. The van der Waals surface area contributed by atoms with Crippen molar-refractivity contribution in [3.05, 3.63) is 11.8 Å². The van der Waals surface area contributed by atoms with Gasteiger partial charge in [0.05, 0.1) is 19.3 Å². The highest BCUT2D eigenvalue weighted by Crippen LogP contribution is 2.66. The molecule has 0 radical (unpaired) electrons. The number of allylic oxidation sites excluding steroid dienone is 2. The zero-order chi connectivity index (χ0) is 21.3. The van der Waals surface area contributed by atoms with Crippen LogP contribution in [0.15, 0.2) is 11.8 Å². The number of rotatable bonds is 1. The van der Waals surface area contributed by atoms with Crippen LogP contribution in [-0.2, 0) is 14.3 Å². The molecule has 2 aliphatic heterocycles. The normalized spacial score (nSPS) is 46.1. The first-order valence-corrected chi connectivity index (χ1v) is 11.8. The van der Waals surface area contributed by atoms with Crippen LogP contribution in [0.25, 0.3) is 0 Å². The molecule has 2 heterocycles. The molecule has 0 aromatic carbocycles. The van der Waals surface area contributed by atoms with E-state index in [1.807, 2.05) is 16.8 Å². The first kappa shape index (κ1) is 20.5. The van der Waals surface area contributed by atoms with E-state index in [-0.39, 0.29) is 34.5 Å². The van der Waals surface area contributed by atoms with Gasteiger partial charge < -0.3 is 19.6 Å².